The fraction of sp³-hybridized carbons (Fsp3) is 0.122. The van der Waals surface area contributed by atoms with Crippen LogP contribution in [0.4, 0.5) is 0 Å². The summed E-state index contributed by atoms with van der Waals surface area (Å²) in [4.78, 5) is 0. The van der Waals surface area contributed by atoms with E-state index in [-0.39, 0.29) is 10.8 Å². The van der Waals surface area contributed by atoms with Crippen LogP contribution in [0.5, 0.6) is 0 Å². The van der Waals surface area contributed by atoms with E-state index in [4.69, 9.17) is 0 Å². The number of fused-ring (bicyclic) bond motifs is 3. The maximum Gasteiger partial charge on any atom is 0.0330 e. The molecule has 5 aromatic rings. The second-order valence-electron chi connectivity index (χ2n) is 12.4. The molecule has 0 amide bonds. The molecule has 5 aromatic carbocycles. The molecule has 10 rings (SSSR count). The standard InChI is InChI=1S/C41H28/c1-3-12-28(13-4-1)37-38-31-21-10-16-26-15-9-20-30(35(26)31)33(38)24-40(29-18-5-2-6-19-29)25-41(40)34-23-8-7-14-27-17-11-22-32(36(27)34)39(37)41/h1-6,8-23H,7,24-25H2. The third kappa shape index (κ3) is 2.54. The Morgan fingerprint density at radius 3 is 2.17 bits per heavy atom. The molecule has 0 aromatic heterocycles. The van der Waals surface area contributed by atoms with Crippen LogP contribution < -0.4 is 10.4 Å². The fourth-order valence-electron chi connectivity index (χ4n) is 9.18. The van der Waals surface area contributed by atoms with E-state index >= 15 is 0 Å². The van der Waals surface area contributed by atoms with Gasteiger partial charge in [-0.3, -0.25) is 0 Å². The lowest BCUT2D eigenvalue weighted by molar-refractivity contribution is 0.632. The fourth-order valence-corrected chi connectivity index (χ4v) is 9.18. The molecule has 41 heavy (non-hydrogen) atoms. The first-order valence-electron chi connectivity index (χ1n) is 14.9. The second kappa shape index (κ2) is 7.53. The summed E-state index contributed by atoms with van der Waals surface area (Å²) in [7, 11) is 0. The van der Waals surface area contributed by atoms with Gasteiger partial charge in [0.1, 0.15) is 0 Å². The van der Waals surface area contributed by atoms with E-state index in [1.807, 2.05) is 0 Å². The highest BCUT2D eigenvalue weighted by atomic mass is 14.8. The zero-order chi connectivity index (χ0) is 26.8. The van der Waals surface area contributed by atoms with E-state index in [1.165, 1.54) is 71.3 Å². The Labute approximate surface area is 240 Å². The first-order valence-corrected chi connectivity index (χ1v) is 14.9. The summed E-state index contributed by atoms with van der Waals surface area (Å²) in [5, 5.41) is 5.63. The number of allylic oxidation sites excluding steroid dienone is 6. The Balaban J connectivity index is 1.44. The van der Waals surface area contributed by atoms with Crippen LogP contribution >= 0.6 is 0 Å². The molecular formula is C41H28. The molecule has 5 aliphatic rings. The molecule has 1 spiro atoms. The van der Waals surface area contributed by atoms with Crippen molar-refractivity contribution < 1.29 is 0 Å². The predicted molar refractivity (Wildman–Crippen MR) is 171 cm³/mol. The van der Waals surface area contributed by atoms with Gasteiger partial charge in [0.2, 0.25) is 0 Å². The number of hydrogen-bond donors (Lipinski definition) is 0. The molecule has 0 radical (unpaired) electrons. The lowest BCUT2D eigenvalue weighted by Crippen LogP contribution is -2.27. The number of rotatable bonds is 2. The van der Waals surface area contributed by atoms with Gasteiger partial charge in [-0.05, 0) is 96.2 Å². The van der Waals surface area contributed by atoms with E-state index in [9.17, 15) is 0 Å². The maximum absolute atomic E-state index is 2.50. The Bertz CT molecular complexity index is 2200. The molecule has 0 heterocycles. The highest BCUT2D eigenvalue weighted by Gasteiger charge is 2.74. The van der Waals surface area contributed by atoms with Crippen LogP contribution in [-0.2, 0) is 5.41 Å². The van der Waals surface area contributed by atoms with Crippen molar-refractivity contribution in [1.82, 2.24) is 0 Å². The Morgan fingerprint density at radius 2 is 1.34 bits per heavy atom. The van der Waals surface area contributed by atoms with Crippen LogP contribution in [-0.4, -0.2) is 0 Å². The molecule has 0 heteroatoms. The van der Waals surface area contributed by atoms with Crippen molar-refractivity contribution in [2.45, 2.75) is 24.7 Å². The quantitative estimate of drug-likeness (QED) is 0.220. The van der Waals surface area contributed by atoms with Crippen molar-refractivity contribution in [2.75, 3.05) is 0 Å². The average Bonchev–Trinajstić information content (AvgIpc) is 3.60. The smallest absolute Gasteiger partial charge is 0.0330 e. The number of benzene rings is 5. The third-order valence-electron chi connectivity index (χ3n) is 10.7. The van der Waals surface area contributed by atoms with Gasteiger partial charge < -0.3 is 0 Å². The van der Waals surface area contributed by atoms with Crippen molar-refractivity contribution >= 4 is 44.7 Å². The first kappa shape index (κ1) is 22.1. The number of hydrogen-bond acceptors (Lipinski definition) is 0. The summed E-state index contributed by atoms with van der Waals surface area (Å²) in [6.45, 7) is 0. The molecule has 1 saturated carbocycles. The highest BCUT2D eigenvalue weighted by molar-refractivity contribution is 6.32. The molecule has 2 atom stereocenters. The lowest BCUT2D eigenvalue weighted by Gasteiger charge is -2.27. The van der Waals surface area contributed by atoms with E-state index in [2.05, 4.69) is 133 Å². The minimum Gasteiger partial charge on any atom is -0.0804 e. The maximum atomic E-state index is 2.50. The zero-order valence-corrected chi connectivity index (χ0v) is 22.8. The van der Waals surface area contributed by atoms with Crippen LogP contribution in [0.15, 0.2) is 127 Å². The largest absolute Gasteiger partial charge is 0.0804 e. The summed E-state index contributed by atoms with van der Waals surface area (Å²) in [6.07, 6.45) is 10.5. The minimum absolute atomic E-state index is 0.00518. The molecular weight excluding hydrogens is 492 g/mol. The Morgan fingerprint density at radius 1 is 0.610 bits per heavy atom. The molecule has 0 bridgehead atoms. The molecule has 1 fully saturated rings. The normalized spacial score (nSPS) is 24.3. The van der Waals surface area contributed by atoms with Gasteiger partial charge >= 0.3 is 0 Å². The van der Waals surface area contributed by atoms with Gasteiger partial charge in [0.05, 0.1) is 0 Å². The highest BCUT2D eigenvalue weighted by Crippen LogP contribution is 2.81. The SMILES string of the molecule is C1=CC2=c3c(cccc3=CC1)C1=C(c3ccccc3)C3=C(CC4(c5ccccc5)CC124)c1cccc2cccc3c12. The first-order chi connectivity index (χ1) is 20.3. The lowest BCUT2D eigenvalue weighted by atomic mass is 9.74. The average molecular weight is 521 g/mol. The minimum atomic E-state index is -0.0557. The Kier molecular flexibility index (Phi) is 4.05. The Hall–Kier alpha value is -4.68. The van der Waals surface area contributed by atoms with Crippen LogP contribution in [0.3, 0.4) is 0 Å². The van der Waals surface area contributed by atoms with Crippen LogP contribution in [0.2, 0.25) is 0 Å². The summed E-state index contributed by atoms with van der Waals surface area (Å²) in [5.41, 5.74) is 14.6. The molecule has 0 nitrogen and oxygen atoms in total. The van der Waals surface area contributed by atoms with Crippen molar-refractivity contribution in [3.05, 3.63) is 166 Å². The van der Waals surface area contributed by atoms with E-state index in [0.29, 0.717) is 0 Å². The van der Waals surface area contributed by atoms with E-state index in [1.54, 1.807) is 5.57 Å². The van der Waals surface area contributed by atoms with E-state index < -0.39 is 0 Å². The van der Waals surface area contributed by atoms with Gasteiger partial charge in [0.25, 0.3) is 0 Å². The molecule has 0 saturated heterocycles. The van der Waals surface area contributed by atoms with Gasteiger partial charge in [0.15, 0.2) is 0 Å². The molecule has 192 valence electrons. The van der Waals surface area contributed by atoms with Gasteiger partial charge in [-0.2, -0.15) is 0 Å². The van der Waals surface area contributed by atoms with Gasteiger partial charge in [-0.25, -0.2) is 0 Å². The third-order valence-corrected chi connectivity index (χ3v) is 10.7. The summed E-state index contributed by atoms with van der Waals surface area (Å²) in [6, 6.07) is 43.6. The van der Waals surface area contributed by atoms with E-state index in [0.717, 1.165) is 19.3 Å². The topological polar surface area (TPSA) is 0 Å². The van der Waals surface area contributed by atoms with Crippen molar-refractivity contribution in [2.24, 2.45) is 5.41 Å². The van der Waals surface area contributed by atoms with Gasteiger partial charge in [-0.15, -0.1) is 0 Å². The molecule has 0 aliphatic heterocycles. The molecule has 0 N–H and O–H groups in total. The van der Waals surface area contributed by atoms with Crippen LogP contribution in [0.25, 0.3) is 44.7 Å². The van der Waals surface area contributed by atoms with Gasteiger partial charge in [0, 0.05) is 10.8 Å². The zero-order valence-electron chi connectivity index (χ0n) is 22.8. The predicted octanol–water partition coefficient (Wildman–Crippen LogP) is 8.31. The van der Waals surface area contributed by atoms with Gasteiger partial charge in [-0.1, -0.05) is 133 Å². The monoisotopic (exact) mass is 520 g/mol. The molecule has 2 unspecified atom stereocenters. The van der Waals surface area contributed by atoms with Crippen molar-refractivity contribution in [3.8, 4) is 0 Å². The second-order valence-corrected chi connectivity index (χ2v) is 12.4. The molecule has 5 aliphatic carbocycles. The van der Waals surface area contributed by atoms with Crippen molar-refractivity contribution in [3.63, 3.8) is 0 Å². The van der Waals surface area contributed by atoms with Crippen LogP contribution in [0, 0.1) is 5.41 Å². The van der Waals surface area contributed by atoms with Crippen molar-refractivity contribution in [1.29, 1.82) is 0 Å². The van der Waals surface area contributed by atoms with Crippen LogP contribution in [0.1, 0.15) is 47.1 Å². The summed E-state index contributed by atoms with van der Waals surface area (Å²) in [5.74, 6) is 0. The summed E-state index contributed by atoms with van der Waals surface area (Å²) >= 11 is 0. The summed E-state index contributed by atoms with van der Waals surface area (Å²) < 4.78 is 0.